The first-order valence-corrected chi connectivity index (χ1v) is 16.4. The van der Waals surface area contributed by atoms with Crippen LogP contribution in [-0.2, 0) is 10.0 Å². The van der Waals surface area contributed by atoms with Crippen LogP contribution in [0.5, 0.6) is 0 Å². The van der Waals surface area contributed by atoms with Gasteiger partial charge in [-0.2, -0.15) is 18.2 Å². The molecule has 3 aliphatic rings. The molecule has 0 saturated carbocycles. The lowest BCUT2D eigenvalue weighted by Crippen LogP contribution is -2.54. The van der Waals surface area contributed by atoms with E-state index in [0.29, 0.717) is 45.3 Å². The second-order valence-corrected chi connectivity index (χ2v) is 13.6. The van der Waals surface area contributed by atoms with Gasteiger partial charge in [0.05, 0.1) is 18.0 Å². The van der Waals surface area contributed by atoms with Crippen LogP contribution in [0, 0.1) is 5.82 Å². The molecule has 2 fully saturated rings. The molecule has 0 radical (unpaired) electrons. The van der Waals surface area contributed by atoms with Crippen molar-refractivity contribution in [3.05, 3.63) is 74.8 Å². The number of benzene rings is 1. The summed E-state index contributed by atoms with van der Waals surface area (Å²) in [6.07, 6.45) is 4.26. The fourth-order valence-electron chi connectivity index (χ4n) is 5.54. The van der Waals surface area contributed by atoms with E-state index in [1.165, 1.54) is 46.1 Å². The summed E-state index contributed by atoms with van der Waals surface area (Å²) in [5.41, 5.74) is 1.91. The van der Waals surface area contributed by atoms with Crippen LogP contribution in [0.2, 0.25) is 5.02 Å². The number of carbonyl (C=O) groups excluding carboxylic acids is 1. The lowest BCUT2D eigenvalue weighted by Gasteiger charge is -2.34. The number of fused-ring (bicyclic) bond motifs is 1. The Kier molecular flexibility index (Phi) is 7.95. The van der Waals surface area contributed by atoms with Crippen LogP contribution in [-0.4, -0.2) is 94.2 Å². The molecule has 43 heavy (non-hydrogen) atoms. The Morgan fingerprint density at radius 2 is 1.95 bits per heavy atom. The predicted molar refractivity (Wildman–Crippen MR) is 155 cm³/mol. The summed E-state index contributed by atoms with van der Waals surface area (Å²) in [5, 5.41) is 9.68. The smallest absolute Gasteiger partial charge is 0.333 e. The van der Waals surface area contributed by atoms with Gasteiger partial charge in [-0.15, -0.1) is 11.3 Å². The number of rotatable bonds is 6. The Morgan fingerprint density at radius 3 is 2.58 bits per heavy atom. The van der Waals surface area contributed by atoms with E-state index in [4.69, 9.17) is 16.6 Å². The second-order valence-electron chi connectivity index (χ2n) is 10.3. The van der Waals surface area contributed by atoms with E-state index in [9.17, 15) is 26.4 Å². The summed E-state index contributed by atoms with van der Waals surface area (Å²) in [7, 11) is -3.35. The molecule has 2 aromatic heterocycles. The van der Waals surface area contributed by atoms with E-state index in [0.717, 1.165) is 6.26 Å². The summed E-state index contributed by atoms with van der Waals surface area (Å²) < 4.78 is 66.7. The Balaban J connectivity index is 1.37. The maximum absolute atomic E-state index is 14.0. The Bertz CT molecular complexity index is 1710. The first-order valence-electron chi connectivity index (χ1n) is 13.3. The number of amides is 2. The Hall–Kier alpha value is -3.47. The van der Waals surface area contributed by atoms with Crippen LogP contribution in [0.15, 0.2) is 52.7 Å². The Labute approximate surface area is 254 Å². The molecule has 3 aliphatic heterocycles. The molecule has 0 aliphatic carbocycles. The minimum atomic E-state index is -3.35. The number of carbonyl (C=O) groups is 1. The first-order chi connectivity index (χ1) is 20.5. The third-order valence-corrected chi connectivity index (χ3v) is 9.95. The molecule has 11 nitrogen and oxygen atoms in total. The lowest BCUT2D eigenvalue weighted by molar-refractivity contribution is 0.0564. The van der Waals surface area contributed by atoms with E-state index >= 15 is 0 Å². The molecular weight excluding hydrogens is 629 g/mol. The number of sulfonamides is 1. The lowest BCUT2D eigenvalue weighted by atomic mass is 9.92. The highest BCUT2D eigenvalue weighted by Gasteiger charge is 2.42. The number of aliphatic imine (C=N–C) groups is 1. The number of aromatic nitrogens is 3. The van der Waals surface area contributed by atoms with Gasteiger partial charge in [0.1, 0.15) is 11.9 Å². The minimum absolute atomic E-state index is 0.114. The van der Waals surface area contributed by atoms with Crippen LogP contribution in [0.1, 0.15) is 35.3 Å². The molecule has 0 unspecified atom stereocenters. The van der Waals surface area contributed by atoms with Crippen LogP contribution in [0.25, 0.3) is 5.57 Å². The fraction of sp³-hybridized carbons (Fsp3) is 0.385. The van der Waals surface area contributed by atoms with E-state index in [1.54, 1.807) is 16.5 Å². The van der Waals surface area contributed by atoms with Gasteiger partial charge in [-0.3, -0.25) is 4.99 Å². The molecular formula is C26H26ClF3N8O3S2. The summed E-state index contributed by atoms with van der Waals surface area (Å²) >= 11 is 7.86. The predicted octanol–water partition coefficient (Wildman–Crippen LogP) is 3.80. The largest absolute Gasteiger partial charge is 0.333 e. The quantitative estimate of drug-likeness (QED) is 0.433. The van der Waals surface area contributed by atoms with Gasteiger partial charge in [-0.05, 0) is 18.2 Å². The molecule has 6 rings (SSSR count). The monoisotopic (exact) mass is 654 g/mol. The SMILES string of the molecule is CS(=O)(=O)N1CCN(C(=O)N[C@H]2CC3=C(c4ccn(C(F)F)n4)[C@H](c4ccc(F)cc4Cl)N=C(c4nccs4)N3C2)CC1. The Morgan fingerprint density at radius 1 is 1.19 bits per heavy atom. The summed E-state index contributed by atoms with van der Waals surface area (Å²) in [4.78, 5) is 26.1. The van der Waals surface area contributed by atoms with Crippen LogP contribution in [0.3, 0.4) is 0 Å². The zero-order valence-corrected chi connectivity index (χ0v) is 25.1. The molecule has 1 aromatic carbocycles. The number of halogens is 4. The van der Waals surface area contributed by atoms with Crippen LogP contribution in [0.4, 0.5) is 18.0 Å². The molecule has 2 amide bonds. The third kappa shape index (κ3) is 5.88. The van der Waals surface area contributed by atoms with E-state index in [-0.39, 0.29) is 42.9 Å². The number of nitrogens with one attached hydrogen (secondary N) is 1. The molecule has 3 aromatic rings. The van der Waals surface area contributed by atoms with E-state index in [2.05, 4.69) is 15.4 Å². The van der Waals surface area contributed by atoms with Gasteiger partial charge in [0.25, 0.3) is 0 Å². The number of amidine groups is 1. The van der Waals surface area contributed by atoms with Crippen molar-refractivity contribution in [2.24, 2.45) is 4.99 Å². The highest BCUT2D eigenvalue weighted by molar-refractivity contribution is 7.88. The van der Waals surface area contributed by atoms with Gasteiger partial charge in [0.2, 0.25) is 10.0 Å². The second kappa shape index (κ2) is 11.6. The average Bonchev–Trinajstić information content (AvgIpc) is 3.73. The van der Waals surface area contributed by atoms with Crippen molar-refractivity contribution >= 4 is 50.4 Å². The maximum atomic E-state index is 14.0. The molecule has 228 valence electrons. The zero-order valence-electron chi connectivity index (χ0n) is 22.7. The number of alkyl halides is 2. The number of hydrogen-bond acceptors (Lipinski definition) is 8. The molecule has 1 N–H and O–H groups in total. The van der Waals surface area contributed by atoms with Gasteiger partial charge >= 0.3 is 12.6 Å². The summed E-state index contributed by atoms with van der Waals surface area (Å²) in [5.74, 6) is -0.0292. The van der Waals surface area contributed by atoms with Crippen molar-refractivity contribution in [1.29, 1.82) is 0 Å². The van der Waals surface area contributed by atoms with Crippen LogP contribution < -0.4 is 5.32 Å². The van der Waals surface area contributed by atoms with Gasteiger partial charge in [-0.25, -0.2) is 27.3 Å². The molecule has 17 heteroatoms. The molecule has 2 atom stereocenters. The zero-order chi connectivity index (χ0) is 30.5. The number of thiazole rings is 1. The third-order valence-electron chi connectivity index (χ3n) is 7.55. The number of urea groups is 1. The first kappa shape index (κ1) is 29.6. The minimum Gasteiger partial charge on any atom is -0.333 e. The van der Waals surface area contributed by atoms with Crippen molar-refractivity contribution in [2.45, 2.75) is 25.1 Å². The number of nitrogens with zero attached hydrogens (tertiary/aromatic N) is 7. The van der Waals surface area contributed by atoms with Gasteiger partial charge in [0.15, 0.2) is 10.8 Å². The van der Waals surface area contributed by atoms with Crippen LogP contribution >= 0.6 is 22.9 Å². The molecule has 5 heterocycles. The number of piperazine rings is 1. The topological polar surface area (TPSA) is 116 Å². The van der Waals surface area contributed by atoms with Crippen molar-refractivity contribution in [3.8, 4) is 0 Å². The molecule has 0 spiro atoms. The van der Waals surface area contributed by atoms with E-state index < -0.39 is 34.5 Å². The highest BCUT2D eigenvalue weighted by atomic mass is 35.5. The number of hydrogen-bond donors (Lipinski definition) is 1. The van der Waals surface area contributed by atoms with E-state index in [1.807, 2.05) is 4.90 Å². The summed E-state index contributed by atoms with van der Waals surface area (Å²) in [6, 6.07) is 3.83. The fourth-order valence-corrected chi connectivity index (χ4v) is 7.28. The van der Waals surface area contributed by atoms with Crippen molar-refractivity contribution in [1.82, 2.24) is 34.2 Å². The summed E-state index contributed by atoms with van der Waals surface area (Å²) in [6.45, 7) is -1.67. The molecule has 0 bridgehead atoms. The van der Waals surface area contributed by atoms with Gasteiger partial charge < -0.3 is 15.1 Å². The molecule has 2 saturated heterocycles. The highest BCUT2D eigenvalue weighted by Crippen LogP contribution is 2.46. The van der Waals surface area contributed by atoms with Gasteiger partial charge in [0, 0.05) is 78.8 Å². The van der Waals surface area contributed by atoms with Crippen molar-refractivity contribution < 1.29 is 26.4 Å². The van der Waals surface area contributed by atoms with Crippen molar-refractivity contribution in [2.75, 3.05) is 39.0 Å². The average molecular weight is 655 g/mol. The normalized spacial score (nSPS) is 21.4. The maximum Gasteiger partial charge on any atom is 0.333 e. The van der Waals surface area contributed by atoms with Crippen molar-refractivity contribution in [3.63, 3.8) is 0 Å². The van der Waals surface area contributed by atoms with Gasteiger partial charge in [-0.1, -0.05) is 17.7 Å². The standard InChI is InChI=1S/C26H26ClF3N8O3S2/c1-43(40,41)36-9-7-35(8-10-36)26(39)32-16-13-20-21(19-4-6-38(34-19)25(29)30)22(17-3-2-15(28)12-18(17)27)33-23(37(20)14-16)24-31-5-11-42-24/h2-6,11-12,16,22,25H,7-10,13-14H2,1H3,(H,32,39)/t16-,22-/m0/s1.